The van der Waals surface area contributed by atoms with E-state index in [0.29, 0.717) is 60.1 Å². The summed E-state index contributed by atoms with van der Waals surface area (Å²) < 4.78 is 31.7. The summed E-state index contributed by atoms with van der Waals surface area (Å²) in [4.78, 5) is 33.8. The standard InChI is InChI=1S/C45H62N2O10/c1-8-21-47(43(51)53-10-3)40-28-37(46-57-44(4,5)6)35-26-30(15-11-13-22-48)34(16-12-14-23-49)41-36-27-33(55-32-17-19-38(52-7)31(25-32)29-50)18-20-39(36)56-45(40,42(35)41)54-24-9-2/h9,17-20,25-27,29-30,34,40-42,48-49H,2,8,10-16,21-24,28H2,1,3-7H3/t30-,34+,40-,41+,42+,45+/m0/s1. The largest absolute Gasteiger partial charge is 0.496 e. The van der Waals surface area contributed by atoms with Crippen LogP contribution in [0, 0.1) is 17.8 Å². The van der Waals surface area contributed by atoms with Crippen molar-refractivity contribution >= 4 is 18.1 Å². The number of carbonyl (C=O) groups is 2. The molecule has 57 heavy (non-hydrogen) atoms. The third-order valence-electron chi connectivity index (χ3n) is 11.0. The van der Waals surface area contributed by atoms with Gasteiger partial charge in [-0.15, -0.1) is 6.58 Å². The molecule has 2 N–H and O–H groups in total. The Labute approximate surface area is 337 Å². The maximum absolute atomic E-state index is 14.0. The summed E-state index contributed by atoms with van der Waals surface area (Å²) >= 11 is 0. The number of oxime groups is 1. The average Bonchev–Trinajstić information content (AvgIpc) is 3.19. The molecule has 0 radical (unpaired) electrons. The molecule has 1 fully saturated rings. The zero-order valence-electron chi connectivity index (χ0n) is 34.5. The molecule has 0 unspecified atom stereocenters. The SMILES string of the molecule is C=CCO[C@@]12Oc3ccc(Oc4ccc(OC)c(C=O)c4)cc3[C@H]3[C@H](CCCCO)[C@@H](CCCCO)C=C(C(=NOC(C)(C)C)C[C@@H]1N(CCC)C(=O)OCC)[C@H]32. The number of ether oxygens (including phenoxy) is 5. The Morgan fingerprint density at radius 1 is 1.05 bits per heavy atom. The Balaban J connectivity index is 1.79. The van der Waals surface area contributed by atoms with E-state index in [1.165, 1.54) is 7.11 Å². The molecule has 0 bridgehead atoms. The van der Waals surface area contributed by atoms with Gasteiger partial charge in [0.2, 0.25) is 5.79 Å². The predicted molar refractivity (Wildman–Crippen MR) is 218 cm³/mol. The minimum absolute atomic E-state index is 0.0435. The Morgan fingerprint density at radius 2 is 1.77 bits per heavy atom. The van der Waals surface area contributed by atoms with Crippen molar-refractivity contribution in [1.29, 1.82) is 0 Å². The number of methoxy groups -OCH3 is 1. The lowest BCUT2D eigenvalue weighted by Gasteiger charge is -2.60. The van der Waals surface area contributed by atoms with Crippen molar-refractivity contribution < 1.29 is 48.3 Å². The zero-order valence-corrected chi connectivity index (χ0v) is 34.5. The van der Waals surface area contributed by atoms with Crippen LogP contribution in [0.3, 0.4) is 0 Å². The molecule has 1 heterocycles. The highest BCUT2D eigenvalue weighted by Gasteiger charge is 2.65. The molecule has 2 aromatic carbocycles. The van der Waals surface area contributed by atoms with Gasteiger partial charge in [-0.25, -0.2) is 4.79 Å². The number of hydrogen-bond acceptors (Lipinski definition) is 11. The van der Waals surface area contributed by atoms with Crippen LogP contribution >= 0.6 is 0 Å². The van der Waals surface area contributed by atoms with E-state index >= 15 is 0 Å². The van der Waals surface area contributed by atoms with Gasteiger partial charge in [-0.2, -0.15) is 0 Å². The number of carbonyl (C=O) groups excluding carboxylic acids is 2. The van der Waals surface area contributed by atoms with Crippen molar-refractivity contribution in [1.82, 2.24) is 4.90 Å². The van der Waals surface area contributed by atoms with Crippen LogP contribution in [-0.2, 0) is 14.3 Å². The van der Waals surface area contributed by atoms with Crippen molar-refractivity contribution in [3.63, 3.8) is 0 Å². The van der Waals surface area contributed by atoms with Crippen LogP contribution in [0.1, 0.15) is 108 Å². The monoisotopic (exact) mass is 790 g/mol. The molecule has 5 rings (SSSR count). The van der Waals surface area contributed by atoms with Gasteiger partial charge in [0.1, 0.15) is 34.6 Å². The number of aldehydes is 1. The lowest BCUT2D eigenvalue weighted by molar-refractivity contribution is -0.255. The molecular weight excluding hydrogens is 728 g/mol. The Hall–Kier alpha value is -4.39. The number of aliphatic hydroxyl groups excluding tert-OH is 2. The first-order valence-corrected chi connectivity index (χ1v) is 20.5. The van der Waals surface area contributed by atoms with Gasteiger partial charge < -0.3 is 38.7 Å². The second-order valence-corrected chi connectivity index (χ2v) is 16.0. The first-order chi connectivity index (χ1) is 27.5. The van der Waals surface area contributed by atoms with Gasteiger partial charge in [0, 0.05) is 37.7 Å². The normalized spacial score (nSPS) is 24.3. The number of allylic oxidation sites excluding steroid dienone is 1. The molecule has 2 aliphatic carbocycles. The molecule has 1 amide bonds. The van der Waals surface area contributed by atoms with E-state index < -0.39 is 29.4 Å². The highest BCUT2D eigenvalue weighted by Crippen LogP contribution is 2.62. The van der Waals surface area contributed by atoms with Crippen molar-refractivity contribution in [3.8, 4) is 23.0 Å². The highest BCUT2D eigenvalue weighted by molar-refractivity contribution is 6.03. The van der Waals surface area contributed by atoms with Gasteiger partial charge >= 0.3 is 6.09 Å². The maximum atomic E-state index is 14.0. The Kier molecular flexibility index (Phi) is 15.2. The summed E-state index contributed by atoms with van der Waals surface area (Å²) in [5, 5.41) is 24.6. The minimum Gasteiger partial charge on any atom is -0.496 e. The molecule has 1 aliphatic heterocycles. The van der Waals surface area contributed by atoms with Gasteiger partial charge in [0.05, 0.1) is 37.5 Å². The Morgan fingerprint density at radius 3 is 2.42 bits per heavy atom. The third kappa shape index (κ3) is 9.84. The quantitative estimate of drug-likeness (QED) is 0.0579. The van der Waals surface area contributed by atoms with Crippen molar-refractivity contribution in [2.75, 3.05) is 40.1 Å². The van der Waals surface area contributed by atoms with Crippen LogP contribution in [0.2, 0.25) is 0 Å². The van der Waals surface area contributed by atoms with Crippen LogP contribution in [0.15, 0.2) is 65.9 Å². The van der Waals surface area contributed by atoms with E-state index in [1.54, 1.807) is 36.1 Å². The van der Waals surface area contributed by atoms with Crippen molar-refractivity contribution in [2.45, 2.75) is 109 Å². The number of nitrogens with zero attached hydrogens (tertiary/aromatic N) is 2. The number of amides is 1. The molecule has 0 saturated heterocycles. The second kappa shape index (κ2) is 19.8. The molecule has 0 spiro atoms. The fourth-order valence-electron chi connectivity index (χ4n) is 8.73. The molecule has 1 saturated carbocycles. The predicted octanol–water partition coefficient (Wildman–Crippen LogP) is 8.60. The number of unbranched alkanes of at least 4 members (excludes halogenated alkanes) is 2. The molecule has 0 aromatic heterocycles. The molecule has 12 nitrogen and oxygen atoms in total. The lowest BCUT2D eigenvalue weighted by Crippen LogP contribution is -2.70. The lowest BCUT2D eigenvalue weighted by atomic mass is 9.55. The molecule has 2 aromatic rings. The molecule has 12 heteroatoms. The summed E-state index contributed by atoms with van der Waals surface area (Å²) in [7, 11) is 1.52. The summed E-state index contributed by atoms with van der Waals surface area (Å²) in [6, 6.07) is 10.2. The van der Waals surface area contributed by atoms with Crippen LogP contribution in [0.25, 0.3) is 0 Å². The van der Waals surface area contributed by atoms with Crippen LogP contribution < -0.4 is 14.2 Å². The van der Waals surface area contributed by atoms with Crippen LogP contribution in [0.5, 0.6) is 23.0 Å². The fraction of sp³-hybridized carbons (Fsp3) is 0.578. The molecule has 3 aliphatic rings. The van der Waals surface area contributed by atoms with Crippen LogP contribution in [-0.4, -0.2) is 90.7 Å². The molecule has 6 atom stereocenters. The third-order valence-corrected chi connectivity index (χ3v) is 11.0. The zero-order chi connectivity index (χ0) is 41.2. The number of benzene rings is 2. The van der Waals surface area contributed by atoms with E-state index in [4.69, 9.17) is 33.7 Å². The summed E-state index contributed by atoms with van der Waals surface area (Å²) in [5.74, 6) is 0.119. The molecule has 312 valence electrons. The van der Waals surface area contributed by atoms with E-state index in [1.807, 2.05) is 45.9 Å². The molecular formula is C45H62N2O10. The van der Waals surface area contributed by atoms with Gasteiger partial charge in [-0.1, -0.05) is 37.1 Å². The second-order valence-electron chi connectivity index (χ2n) is 16.0. The van der Waals surface area contributed by atoms with Crippen molar-refractivity contribution in [2.24, 2.45) is 22.9 Å². The first kappa shape index (κ1) is 43.7. The number of fused-ring (bicyclic) bond motifs is 2. The van der Waals surface area contributed by atoms with Crippen LogP contribution in [0.4, 0.5) is 4.79 Å². The van der Waals surface area contributed by atoms with Crippen molar-refractivity contribution in [3.05, 3.63) is 71.8 Å². The summed E-state index contributed by atoms with van der Waals surface area (Å²) in [6.45, 7) is 14.6. The van der Waals surface area contributed by atoms with Gasteiger partial charge in [0.25, 0.3) is 0 Å². The summed E-state index contributed by atoms with van der Waals surface area (Å²) in [6.07, 6.45) is 9.79. The van der Waals surface area contributed by atoms with E-state index in [9.17, 15) is 19.8 Å². The van der Waals surface area contributed by atoms with E-state index in [2.05, 4.69) is 12.7 Å². The van der Waals surface area contributed by atoms with Gasteiger partial charge in [0.15, 0.2) is 6.29 Å². The highest BCUT2D eigenvalue weighted by atomic mass is 16.7. The minimum atomic E-state index is -1.39. The number of aliphatic hydroxyl groups is 2. The fourth-order valence-corrected chi connectivity index (χ4v) is 8.73. The first-order valence-electron chi connectivity index (χ1n) is 20.5. The topological polar surface area (TPSA) is 146 Å². The average molecular weight is 791 g/mol. The van der Waals surface area contributed by atoms with E-state index in [0.717, 1.165) is 43.1 Å². The number of hydrogen-bond donors (Lipinski definition) is 2. The van der Waals surface area contributed by atoms with E-state index in [-0.39, 0.29) is 50.6 Å². The van der Waals surface area contributed by atoms with Gasteiger partial charge in [-0.3, -0.25) is 9.69 Å². The Bertz CT molecular complexity index is 1750. The smallest absolute Gasteiger partial charge is 0.410 e. The van der Waals surface area contributed by atoms with Gasteiger partial charge in [-0.05, 0) is 114 Å². The maximum Gasteiger partial charge on any atom is 0.410 e. The number of rotatable bonds is 20. The summed E-state index contributed by atoms with van der Waals surface area (Å²) in [5.41, 5.74) is 2.36.